The van der Waals surface area contributed by atoms with Crippen LogP contribution in [0.25, 0.3) is 0 Å². The van der Waals surface area contributed by atoms with Gasteiger partial charge in [0.1, 0.15) is 11.8 Å². The number of hydroxylamine groups is 1. The van der Waals surface area contributed by atoms with E-state index in [2.05, 4.69) is 10.2 Å². The predicted octanol–water partition coefficient (Wildman–Crippen LogP) is 1.49. The van der Waals surface area contributed by atoms with Crippen LogP contribution in [0, 0.1) is 5.41 Å². The Morgan fingerprint density at radius 2 is 1.61 bits per heavy atom. The summed E-state index contributed by atoms with van der Waals surface area (Å²) in [5.74, 6) is -3.26. The van der Waals surface area contributed by atoms with E-state index in [1.807, 2.05) is 0 Å². The summed E-state index contributed by atoms with van der Waals surface area (Å²) >= 11 is 0. The summed E-state index contributed by atoms with van der Waals surface area (Å²) in [6.45, 7) is 0.639. The lowest BCUT2D eigenvalue weighted by Gasteiger charge is -2.16. The molecule has 0 aliphatic heterocycles. The monoisotopic (exact) mass is 610 g/mol. The first-order valence-corrected chi connectivity index (χ1v) is 12.8. The number of hydrogen-bond donors (Lipinski definition) is 6. The van der Waals surface area contributed by atoms with E-state index in [9.17, 15) is 31.5 Å². The second-order valence-corrected chi connectivity index (χ2v) is 9.46. The number of sulfonamides is 1. The van der Waals surface area contributed by atoms with E-state index in [0.717, 1.165) is 0 Å². The molecular weight excluding hydrogens is 581 g/mol. The minimum absolute atomic E-state index is 0.0767. The zero-order chi connectivity index (χ0) is 31.2. The van der Waals surface area contributed by atoms with Gasteiger partial charge in [-0.3, -0.25) is 15.0 Å². The van der Waals surface area contributed by atoms with Crippen molar-refractivity contribution in [3.63, 3.8) is 0 Å². The van der Waals surface area contributed by atoms with E-state index in [-0.39, 0.29) is 29.6 Å². The van der Waals surface area contributed by atoms with Gasteiger partial charge >= 0.3 is 18.1 Å². The largest absolute Gasteiger partial charge is 0.494 e. The molecule has 1 atom stereocenters. The Morgan fingerprint density at radius 1 is 1.02 bits per heavy atom. The molecule has 0 aromatic heterocycles. The number of nitrogens with one attached hydrogen (secondary N) is 3. The zero-order valence-electron chi connectivity index (χ0n) is 21.7. The molecule has 228 valence electrons. The molecule has 0 aliphatic carbocycles. The van der Waals surface area contributed by atoms with Crippen LogP contribution in [0.1, 0.15) is 12.0 Å². The number of ether oxygens (including phenoxy) is 3. The molecule has 0 saturated carbocycles. The normalized spacial score (nSPS) is 11.8. The Kier molecular flexibility index (Phi) is 13.6. The van der Waals surface area contributed by atoms with Crippen LogP contribution in [-0.2, 0) is 30.9 Å². The third kappa shape index (κ3) is 12.6. The predicted molar refractivity (Wildman–Crippen MR) is 136 cm³/mol. The van der Waals surface area contributed by atoms with Crippen molar-refractivity contribution >= 4 is 27.9 Å². The van der Waals surface area contributed by atoms with Gasteiger partial charge in [-0.25, -0.2) is 18.7 Å². The second-order valence-electron chi connectivity index (χ2n) is 7.75. The van der Waals surface area contributed by atoms with Crippen molar-refractivity contribution < 1.29 is 60.4 Å². The molecule has 2 rings (SSSR count). The smallest absolute Gasteiger partial charge is 0.490 e. The molecule has 0 heterocycles. The van der Waals surface area contributed by atoms with Crippen molar-refractivity contribution in [2.45, 2.75) is 30.0 Å². The molecular formula is C23H29F3N4O10S. The molecule has 2 aromatic carbocycles. The van der Waals surface area contributed by atoms with Crippen molar-refractivity contribution in [3.8, 4) is 17.2 Å². The van der Waals surface area contributed by atoms with E-state index in [1.165, 1.54) is 32.4 Å². The van der Waals surface area contributed by atoms with E-state index >= 15 is 0 Å². The minimum atomic E-state index is -5.08. The number of nitrogens with two attached hydrogens (primary N) is 1. The van der Waals surface area contributed by atoms with Gasteiger partial charge in [0.05, 0.1) is 32.3 Å². The van der Waals surface area contributed by atoms with Crippen LogP contribution in [0.15, 0.2) is 47.4 Å². The fourth-order valence-corrected chi connectivity index (χ4v) is 4.03. The number of carboxylic acid groups (broad SMARTS) is 2. The lowest BCUT2D eigenvalue weighted by atomic mass is 10.1. The van der Waals surface area contributed by atoms with Crippen molar-refractivity contribution in [2.24, 2.45) is 5.73 Å². The van der Waals surface area contributed by atoms with Gasteiger partial charge in [-0.05, 0) is 36.2 Å². The van der Waals surface area contributed by atoms with Gasteiger partial charge in [-0.15, -0.1) is 0 Å². The average molecular weight is 611 g/mol. The minimum Gasteiger partial charge on any atom is -0.494 e. The number of aliphatic carboxylic acids is 2. The van der Waals surface area contributed by atoms with Gasteiger partial charge in [0.2, 0.25) is 16.0 Å². The highest BCUT2D eigenvalue weighted by Gasteiger charge is 2.38. The Morgan fingerprint density at radius 3 is 2.10 bits per heavy atom. The number of methoxy groups -OCH3 is 2. The Labute approximate surface area is 232 Å². The number of rotatable bonds is 14. The van der Waals surface area contributed by atoms with Crippen molar-refractivity contribution in [3.05, 3.63) is 48.0 Å². The molecule has 7 N–H and O–H groups in total. The van der Waals surface area contributed by atoms with Crippen molar-refractivity contribution in [2.75, 3.05) is 27.4 Å². The van der Waals surface area contributed by atoms with E-state index in [1.54, 1.807) is 24.3 Å². The van der Waals surface area contributed by atoms with Crippen LogP contribution < -0.4 is 30.1 Å². The number of carboxylic acids is 2. The molecule has 2 aromatic rings. The molecule has 0 radical (unpaired) electrons. The molecule has 0 saturated heterocycles. The fraction of sp³-hybridized carbons (Fsp3) is 0.348. The number of halogens is 3. The first-order chi connectivity index (χ1) is 19.1. The van der Waals surface area contributed by atoms with Gasteiger partial charge in [-0.2, -0.15) is 17.9 Å². The molecule has 41 heavy (non-hydrogen) atoms. The standard InChI is InChI=1S/C21H28N4O8S.C2HF3O2/c1-30-18-9-8-16(13-19(18)31-2)34(28,29)25-17(20(26)27)12-14-4-6-15(7-5-14)32-10-3-11-33-24-21(22)23;3-2(4,5)1(6)7/h4-9,13,17,25H,3,10-12H2,1-2H3,(H,26,27)(H4,22,23,24);(H,6,7)/t17-;/m0./s1. The summed E-state index contributed by atoms with van der Waals surface area (Å²) in [6.07, 6.45) is -4.62. The topological polar surface area (TPSA) is 220 Å². The van der Waals surface area contributed by atoms with Crippen LogP contribution in [0.3, 0.4) is 0 Å². The van der Waals surface area contributed by atoms with E-state index < -0.39 is 34.2 Å². The van der Waals surface area contributed by atoms with Crippen LogP contribution in [0.4, 0.5) is 13.2 Å². The van der Waals surface area contributed by atoms with Gasteiger partial charge in [0.15, 0.2) is 11.5 Å². The van der Waals surface area contributed by atoms with Gasteiger partial charge in [0.25, 0.3) is 0 Å². The number of hydrogen-bond acceptors (Lipinski definition) is 9. The average Bonchev–Trinajstić information content (AvgIpc) is 2.90. The van der Waals surface area contributed by atoms with Gasteiger partial charge in [-0.1, -0.05) is 12.1 Å². The number of carbonyl (C=O) groups is 2. The number of guanidine groups is 1. The molecule has 0 aliphatic rings. The quantitative estimate of drug-likeness (QED) is 0.0776. The maximum atomic E-state index is 12.8. The summed E-state index contributed by atoms with van der Waals surface area (Å²) in [5.41, 5.74) is 7.90. The first kappa shape index (κ1) is 34.7. The molecule has 0 amide bonds. The molecule has 18 heteroatoms. The highest BCUT2D eigenvalue weighted by molar-refractivity contribution is 7.89. The maximum Gasteiger partial charge on any atom is 0.490 e. The van der Waals surface area contributed by atoms with Crippen molar-refractivity contribution in [1.82, 2.24) is 10.2 Å². The van der Waals surface area contributed by atoms with E-state index in [4.69, 9.17) is 40.1 Å². The van der Waals surface area contributed by atoms with Crippen LogP contribution in [-0.4, -0.2) is 76.2 Å². The molecule has 0 spiro atoms. The summed E-state index contributed by atoms with van der Waals surface area (Å²) in [4.78, 5) is 25.4. The SMILES string of the molecule is COc1ccc(S(=O)(=O)N[C@@H](Cc2ccc(OCCCONC(=N)N)cc2)C(=O)O)cc1OC.O=C(O)C(F)(F)F. The molecule has 0 bridgehead atoms. The zero-order valence-corrected chi connectivity index (χ0v) is 22.5. The van der Waals surface area contributed by atoms with E-state index in [0.29, 0.717) is 30.1 Å². The summed E-state index contributed by atoms with van der Waals surface area (Å²) in [5, 5.41) is 23.6. The van der Waals surface area contributed by atoms with Crippen molar-refractivity contribution in [1.29, 1.82) is 5.41 Å². The number of alkyl halides is 3. The van der Waals surface area contributed by atoms with Gasteiger partial charge < -0.3 is 30.2 Å². The summed E-state index contributed by atoms with van der Waals surface area (Å²) < 4.78 is 75.3. The third-order valence-corrected chi connectivity index (χ3v) is 6.18. The summed E-state index contributed by atoms with van der Waals surface area (Å²) in [7, 11) is -1.35. The lowest BCUT2D eigenvalue weighted by Crippen LogP contribution is -2.42. The second kappa shape index (κ2) is 16.1. The fourth-order valence-electron chi connectivity index (χ4n) is 2.83. The summed E-state index contributed by atoms with van der Waals surface area (Å²) in [6, 6.07) is 9.22. The molecule has 14 nitrogen and oxygen atoms in total. The Hall–Kier alpha value is -4.29. The Bertz CT molecular complexity index is 1280. The maximum absolute atomic E-state index is 12.8. The highest BCUT2D eigenvalue weighted by Crippen LogP contribution is 2.29. The third-order valence-electron chi connectivity index (χ3n) is 4.71. The van der Waals surface area contributed by atoms with Crippen LogP contribution in [0.2, 0.25) is 0 Å². The van der Waals surface area contributed by atoms with Crippen LogP contribution >= 0.6 is 0 Å². The number of benzene rings is 2. The van der Waals surface area contributed by atoms with Crippen LogP contribution in [0.5, 0.6) is 17.2 Å². The molecule has 0 unspecified atom stereocenters. The Balaban J connectivity index is 0.00000106. The lowest BCUT2D eigenvalue weighted by molar-refractivity contribution is -0.192. The highest BCUT2D eigenvalue weighted by atomic mass is 32.2. The van der Waals surface area contributed by atoms with Gasteiger partial charge in [0, 0.05) is 12.5 Å². The first-order valence-electron chi connectivity index (χ1n) is 11.3. The molecule has 0 fully saturated rings.